The Hall–Kier alpha value is -0.995. The van der Waals surface area contributed by atoms with Crippen molar-refractivity contribution in [1.29, 1.82) is 0 Å². The number of carbonyl (C=O) groups excluding carboxylic acids is 1. The van der Waals surface area contributed by atoms with Crippen molar-refractivity contribution in [3.05, 3.63) is 28.8 Å². The highest BCUT2D eigenvalue weighted by molar-refractivity contribution is 6.32. The van der Waals surface area contributed by atoms with Gasteiger partial charge in [0.15, 0.2) is 0 Å². The molecule has 0 aliphatic rings. The summed E-state index contributed by atoms with van der Waals surface area (Å²) in [5, 5.41) is 8.81. The van der Waals surface area contributed by atoms with Gasteiger partial charge < -0.3 is 9.68 Å². The molecule has 0 atom stereocenters. The van der Waals surface area contributed by atoms with Crippen molar-refractivity contribution in [3.8, 4) is 5.75 Å². The van der Waals surface area contributed by atoms with Gasteiger partial charge in [-0.25, -0.2) is 0 Å². The third-order valence-electron chi connectivity index (χ3n) is 1.31. The van der Waals surface area contributed by atoms with Gasteiger partial charge in [-0.3, -0.25) is 4.79 Å². The summed E-state index contributed by atoms with van der Waals surface area (Å²) in [6, 6.07) is 4.57. The molecule has 0 heterocycles. The SMILES string of the molecule is O=Cc1ccc(Cl)c(OBO)c1. The van der Waals surface area contributed by atoms with Crippen LogP contribution < -0.4 is 4.65 Å². The molecular weight excluding hydrogens is 178 g/mol. The topological polar surface area (TPSA) is 46.5 Å². The lowest BCUT2D eigenvalue weighted by atomic mass is 10.2. The molecule has 0 saturated carbocycles. The van der Waals surface area contributed by atoms with Crippen LogP contribution >= 0.6 is 11.6 Å². The summed E-state index contributed by atoms with van der Waals surface area (Å²) >= 11 is 5.68. The van der Waals surface area contributed by atoms with Gasteiger partial charge in [0.2, 0.25) is 0 Å². The number of hydrogen-bond acceptors (Lipinski definition) is 3. The quantitative estimate of drug-likeness (QED) is 0.558. The number of hydrogen-bond donors (Lipinski definition) is 1. The normalized spacial score (nSPS) is 9.17. The zero-order chi connectivity index (χ0) is 8.97. The van der Waals surface area contributed by atoms with Crippen LogP contribution in [0.15, 0.2) is 18.2 Å². The molecule has 0 aliphatic carbocycles. The van der Waals surface area contributed by atoms with Gasteiger partial charge in [0.25, 0.3) is 0 Å². The lowest BCUT2D eigenvalue weighted by Crippen LogP contribution is -2.00. The van der Waals surface area contributed by atoms with Crippen LogP contribution in [-0.4, -0.2) is 19.0 Å². The monoisotopic (exact) mass is 184 g/mol. The van der Waals surface area contributed by atoms with E-state index < -0.39 is 7.69 Å². The van der Waals surface area contributed by atoms with E-state index >= 15 is 0 Å². The van der Waals surface area contributed by atoms with Crippen LogP contribution in [0.3, 0.4) is 0 Å². The van der Waals surface area contributed by atoms with Crippen molar-refractivity contribution in [2.24, 2.45) is 0 Å². The zero-order valence-corrected chi connectivity index (χ0v) is 6.91. The molecule has 0 fully saturated rings. The molecule has 62 valence electrons. The van der Waals surface area contributed by atoms with Crippen molar-refractivity contribution in [2.45, 2.75) is 0 Å². The minimum absolute atomic E-state index is 0.309. The first-order valence-electron chi connectivity index (χ1n) is 3.26. The Bertz CT molecular complexity index is 290. The Balaban J connectivity index is 2.99. The molecule has 5 heteroatoms. The molecule has 1 aromatic rings. The lowest BCUT2D eigenvalue weighted by molar-refractivity contribution is 0.112. The van der Waals surface area contributed by atoms with Crippen LogP contribution in [0, 0.1) is 0 Å². The number of carbonyl (C=O) groups is 1. The lowest BCUT2D eigenvalue weighted by Gasteiger charge is -2.04. The van der Waals surface area contributed by atoms with E-state index in [9.17, 15) is 4.79 Å². The van der Waals surface area contributed by atoms with Crippen LogP contribution in [0.2, 0.25) is 5.02 Å². The Morgan fingerprint density at radius 1 is 1.58 bits per heavy atom. The van der Waals surface area contributed by atoms with E-state index in [0.717, 1.165) is 0 Å². The summed E-state index contributed by atoms with van der Waals surface area (Å²) in [6.07, 6.45) is 0.681. The summed E-state index contributed by atoms with van der Waals surface area (Å²) in [7, 11) is -0.456. The number of halogens is 1. The molecule has 0 radical (unpaired) electrons. The smallest absolute Gasteiger partial charge is 0.504 e. The van der Waals surface area contributed by atoms with Crippen molar-refractivity contribution >= 4 is 25.6 Å². The summed E-state index contributed by atoms with van der Waals surface area (Å²) in [5.74, 6) is 0.309. The van der Waals surface area contributed by atoms with E-state index in [-0.39, 0.29) is 0 Å². The molecule has 0 aliphatic heterocycles. The molecule has 0 aromatic heterocycles. The average molecular weight is 184 g/mol. The number of aldehydes is 1. The van der Waals surface area contributed by atoms with Gasteiger partial charge in [0.1, 0.15) is 12.0 Å². The Morgan fingerprint density at radius 2 is 2.33 bits per heavy atom. The van der Waals surface area contributed by atoms with Crippen molar-refractivity contribution in [3.63, 3.8) is 0 Å². The maximum atomic E-state index is 10.3. The van der Waals surface area contributed by atoms with Gasteiger partial charge in [0.05, 0.1) is 5.02 Å². The van der Waals surface area contributed by atoms with E-state index in [0.29, 0.717) is 22.6 Å². The van der Waals surface area contributed by atoms with Crippen molar-refractivity contribution in [2.75, 3.05) is 0 Å². The summed E-state index contributed by atoms with van der Waals surface area (Å²) in [6.45, 7) is 0. The highest BCUT2D eigenvalue weighted by Gasteiger charge is 2.01. The van der Waals surface area contributed by atoms with E-state index in [1.165, 1.54) is 12.1 Å². The largest absolute Gasteiger partial charge is 0.538 e. The molecule has 0 spiro atoms. The highest BCUT2D eigenvalue weighted by atomic mass is 35.5. The molecule has 1 N–H and O–H groups in total. The van der Waals surface area contributed by atoms with E-state index in [1.807, 2.05) is 0 Å². The van der Waals surface area contributed by atoms with Crippen LogP contribution in [0.1, 0.15) is 10.4 Å². The summed E-state index contributed by atoms with van der Waals surface area (Å²) < 4.78 is 4.74. The molecule has 1 aromatic carbocycles. The van der Waals surface area contributed by atoms with Gasteiger partial charge in [0, 0.05) is 5.56 Å². The first-order chi connectivity index (χ1) is 5.77. The van der Waals surface area contributed by atoms with Crippen LogP contribution in [0.4, 0.5) is 0 Å². The predicted molar refractivity (Wildman–Crippen MR) is 46.8 cm³/mol. The van der Waals surface area contributed by atoms with Gasteiger partial charge >= 0.3 is 7.69 Å². The van der Waals surface area contributed by atoms with Crippen LogP contribution in [-0.2, 0) is 0 Å². The molecule has 0 amide bonds. The summed E-state index contributed by atoms with van der Waals surface area (Å²) in [4.78, 5) is 10.3. The van der Waals surface area contributed by atoms with Crippen molar-refractivity contribution in [1.82, 2.24) is 0 Å². The minimum atomic E-state index is -0.456. The van der Waals surface area contributed by atoms with Gasteiger partial charge in [-0.1, -0.05) is 11.6 Å². The number of rotatable bonds is 3. The second kappa shape index (κ2) is 4.14. The predicted octanol–water partition coefficient (Wildman–Crippen LogP) is 0.790. The third kappa shape index (κ3) is 2.00. The Kier molecular flexibility index (Phi) is 3.14. The first-order valence-corrected chi connectivity index (χ1v) is 3.64. The molecule has 1 rings (SSSR count). The molecule has 0 bridgehead atoms. The van der Waals surface area contributed by atoms with Crippen molar-refractivity contribution < 1.29 is 14.5 Å². The van der Waals surface area contributed by atoms with Gasteiger partial charge in [-0.15, -0.1) is 0 Å². The van der Waals surface area contributed by atoms with Gasteiger partial charge in [-0.05, 0) is 18.2 Å². The second-order valence-electron chi connectivity index (χ2n) is 2.08. The second-order valence-corrected chi connectivity index (χ2v) is 2.49. The van der Waals surface area contributed by atoms with Gasteiger partial charge in [-0.2, -0.15) is 0 Å². The highest BCUT2D eigenvalue weighted by Crippen LogP contribution is 2.24. The average Bonchev–Trinajstić information content (AvgIpc) is 2.09. The molecule has 3 nitrogen and oxygen atoms in total. The fourth-order valence-electron chi connectivity index (χ4n) is 0.773. The van der Waals surface area contributed by atoms with E-state index in [4.69, 9.17) is 21.3 Å². The Labute approximate surface area is 75.2 Å². The van der Waals surface area contributed by atoms with Crippen LogP contribution in [0.5, 0.6) is 5.75 Å². The maximum absolute atomic E-state index is 10.3. The number of benzene rings is 1. The molecule has 0 unspecified atom stereocenters. The fourth-order valence-corrected chi connectivity index (χ4v) is 0.946. The fraction of sp³-hybridized carbons (Fsp3) is 0. The minimum Gasteiger partial charge on any atom is -0.538 e. The van der Waals surface area contributed by atoms with E-state index in [2.05, 4.69) is 0 Å². The first kappa shape index (κ1) is 9.10. The van der Waals surface area contributed by atoms with E-state index in [1.54, 1.807) is 6.07 Å². The third-order valence-corrected chi connectivity index (χ3v) is 1.62. The standard InChI is InChI=1S/C7H6BClO3/c9-6-2-1-5(4-10)3-7(6)12-8-11/h1-4,8,11H. The zero-order valence-electron chi connectivity index (χ0n) is 6.16. The molecular formula is C7H6BClO3. The Morgan fingerprint density at radius 3 is 2.92 bits per heavy atom. The molecule has 12 heavy (non-hydrogen) atoms. The maximum Gasteiger partial charge on any atom is 0.504 e. The van der Waals surface area contributed by atoms with Crippen LogP contribution in [0.25, 0.3) is 0 Å². The summed E-state index contributed by atoms with van der Waals surface area (Å²) in [5.41, 5.74) is 0.461. The molecule has 0 saturated heterocycles.